The second-order valence-corrected chi connectivity index (χ2v) is 8.42. The maximum absolute atomic E-state index is 6.27. The Balaban J connectivity index is 1.44. The molecular weight excluding hydrogens is 426 g/mol. The molecule has 0 atom stereocenters. The minimum absolute atomic E-state index is 0.281. The van der Waals surface area contributed by atoms with Gasteiger partial charge in [0.2, 0.25) is 12.5 Å². The molecule has 0 amide bonds. The lowest BCUT2D eigenvalue weighted by molar-refractivity contribution is -0.686. The molecule has 6 heteroatoms. The normalized spacial score (nSPS) is 13.6. The Labute approximate surface area is 190 Å². The molecule has 2 aliphatic rings. The average molecular weight is 447 g/mol. The zero-order chi connectivity index (χ0) is 21.7. The number of pyridine rings is 1. The van der Waals surface area contributed by atoms with Gasteiger partial charge < -0.3 is 18.9 Å². The summed E-state index contributed by atoms with van der Waals surface area (Å²) in [6.45, 7) is 1.57. The highest BCUT2D eigenvalue weighted by atomic mass is 35.5. The Morgan fingerprint density at radius 1 is 1.03 bits per heavy atom. The van der Waals surface area contributed by atoms with Crippen LogP contribution >= 0.6 is 11.6 Å². The number of nitrogens with zero attached hydrogens (tertiary/aromatic N) is 1. The van der Waals surface area contributed by atoms with Crippen LogP contribution in [0.5, 0.6) is 23.0 Å². The van der Waals surface area contributed by atoms with Crippen LogP contribution in [0.2, 0.25) is 5.02 Å². The Bertz CT molecular complexity index is 1370. The van der Waals surface area contributed by atoms with Crippen LogP contribution in [0, 0.1) is 0 Å². The number of halogens is 1. The number of ether oxygens (including phenoxy) is 4. The highest BCUT2D eigenvalue weighted by Gasteiger charge is 2.28. The molecule has 3 aromatic carbocycles. The van der Waals surface area contributed by atoms with Crippen molar-refractivity contribution >= 4 is 22.4 Å². The van der Waals surface area contributed by atoms with Gasteiger partial charge in [-0.15, -0.1) is 0 Å². The van der Waals surface area contributed by atoms with Gasteiger partial charge >= 0.3 is 0 Å². The van der Waals surface area contributed by atoms with Gasteiger partial charge in [-0.1, -0.05) is 23.7 Å². The average Bonchev–Trinajstić information content (AvgIpc) is 3.27. The number of aryl methyl sites for hydroxylation is 2. The number of fused-ring (bicyclic) bond motifs is 5. The molecular formula is C26H21ClNO4+. The Kier molecular flexibility index (Phi) is 4.58. The van der Waals surface area contributed by atoms with E-state index in [0.29, 0.717) is 17.4 Å². The summed E-state index contributed by atoms with van der Waals surface area (Å²) in [5, 5.41) is 2.79. The van der Waals surface area contributed by atoms with E-state index >= 15 is 0 Å². The van der Waals surface area contributed by atoms with Crippen molar-refractivity contribution in [1.29, 1.82) is 0 Å². The molecule has 0 unspecified atom stereocenters. The monoisotopic (exact) mass is 446 g/mol. The predicted molar refractivity (Wildman–Crippen MR) is 122 cm³/mol. The first-order chi connectivity index (χ1) is 15.7. The van der Waals surface area contributed by atoms with Crippen LogP contribution in [0.1, 0.15) is 11.1 Å². The van der Waals surface area contributed by atoms with E-state index in [9.17, 15) is 0 Å². The maximum atomic E-state index is 6.27. The largest absolute Gasteiger partial charge is 0.493 e. The van der Waals surface area contributed by atoms with Crippen LogP contribution in [-0.4, -0.2) is 13.9 Å². The number of hydrogen-bond donors (Lipinski definition) is 0. The summed E-state index contributed by atoms with van der Waals surface area (Å²) in [4.78, 5) is 0. The Morgan fingerprint density at radius 3 is 2.75 bits per heavy atom. The molecule has 2 aliphatic heterocycles. The van der Waals surface area contributed by atoms with Gasteiger partial charge in [-0.3, -0.25) is 0 Å². The lowest BCUT2D eigenvalue weighted by atomic mass is 9.95. The van der Waals surface area contributed by atoms with E-state index in [4.69, 9.17) is 30.5 Å². The molecule has 0 saturated carbocycles. The van der Waals surface area contributed by atoms with Crippen molar-refractivity contribution in [3.05, 3.63) is 76.9 Å². The van der Waals surface area contributed by atoms with Crippen LogP contribution in [0.15, 0.2) is 60.8 Å². The number of hydrogen-bond acceptors (Lipinski definition) is 4. The summed E-state index contributed by atoms with van der Waals surface area (Å²) in [5.74, 6) is 3.08. The highest BCUT2D eigenvalue weighted by molar-refractivity contribution is 6.30. The van der Waals surface area contributed by atoms with Crippen LogP contribution in [0.4, 0.5) is 0 Å². The second kappa shape index (κ2) is 7.61. The van der Waals surface area contributed by atoms with Gasteiger partial charge in [-0.25, -0.2) is 0 Å². The van der Waals surface area contributed by atoms with Crippen molar-refractivity contribution in [2.24, 2.45) is 0 Å². The van der Waals surface area contributed by atoms with Gasteiger partial charge in [-0.2, -0.15) is 4.57 Å². The van der Waals surface area contributed by atoms with Crippen LogP contribution in [-0.2, 0) is 19.6 Å². The molecule has 0 fully saturated rings. The lowest BCUT2D eigenvalue weighted by Crippen LogP contribution is -2.40. The van der Waals surface area contributed by atoms with Crippen molar-refractivity contribution in [3.8, 4) is 34.3 Å². The third kappa shape index (κ3) is 3.21. The predicted octanol–water partition coefficient (Wildman–Crippen LogP) is 5.32. The summed E-state index contributed by atoms with van der Waals surface area (Å²) in [6, 6.07) is 18.1. The third-order valence-electron chi connectivity index (χ3n) is 6.07. The molecule has 0 saturated heterocycles. The van der Waals surface area contributed by atoms with Crippen molar-refractivity contribution in [1.82, 2.24) is 0 Å². The molecule has 6 rings (SSSR count). The molecule has 1 aromatic heterocycles. The van der Waals surface area contributed by atoms with E-state index in [1.807, 2.05) is 30.3 Å². The first-order valence-corrected chi connectivity index (χ1v) is 10.9. The fourth-order valence-electron chi connectivity index (χ4n) is 4.49. The smallest absolute Gasteiger partial charge is 0.231 e. The third-order valence-corrected chi connectivity index (χ3v) is 6.30. The van der Waals surface area contributed by atoms with Gasteiger partial charge in [0.05, 0.1) is 18.1 Å². The first kappa shape index (κ1) is 19.3. The van der Waals surface area contributed by atoms with E-state index < -0.39 is 0 Å². The van der Waals surface area contributed by atoms with Crippen molar-refractivity contribution < 1.29 is 23.5 Å². The van der Waals surface area contributed by atoms with Gasteiger partial charge in [0, 0.05) is 17.5 Å². The Morgan fingerprint density at radius 2 is 1.91 bits per heavy atom. The molecule has 0 radical (unpaired) electrons. The summed E-state index contributed by atoms with van der Waals surface area (Å²) in [5.41, 5.74) is 4.62. The van der Waals surface area contributed by atoms with Crippen LogP contribution in [0.25, 0.3) is 22.0 Å². The zero-order valence-corrected chi connectivity index (χ0v) is 18.3. The molecule has 0 aliphatic carbocycles. The van der Waals surface area contributed by atoms with Crippen molar-refractivity contribution in [2.45, 2.75) is 19.6 Å². The molecule has 32 heavy (non-hydrogen) atoms. The molecule has 5 nitrogen and oxygen atoms in total. The molecule has 3 heterocycles. The zero-order valence-electron chi connectivity index (χ0n) is 17.6. The van der Waals surface area contributed by atoms with Crippen molar-refractivity contribution in [2.75, 3.05) is 13.9 Å². The van der Waals surface area contributed by atoms with E-state index in [0.717, 1.165) is 52.2 Å². The van der Waals surface area contributed by atoms with E-state index in [2.05, 4.69) is 35.0 Å². The Hall–Kier alpha value is -3.44. The van der Waals surface area contributed by atoms with E-state index in [1.54, 1.807) is 7.11 Å². The fourth-order valence-corrected chi connectivity index (χ4v) is 4.70. The minimum atomic E-state index is 0.281. The molecule has 160 valence electrons. The highest BCUT2D eigenvalue weighted by Crippen LogP contribution is 2.41. The fraction of sp³-hybridized carbons (Fsp3) is 0.192. The summed E-state index contributed by atoms with van der Waals surface area (Å²) >= 11 is 6.14. The van der Waals surface area contributed by atoms with Gasteiger partial charge in [0.15, 0.2) is 35.7 Å². The number of methoxy groups -OCH3 is 1. The summed E-state index contributed by atoms with van der Waals surface area (Å²) in [6.07, 6.45) is 3.09. The molecule has 0 N–H and O–H groups in total. The second-order valence-electron chi connectivity index (χ2n) is 7.98. The standard InChI is InChI=1S/C26H21ClNO4/c1-29-23-6-5-17-10-22-20-12-25-24(31-15-32-25)11-18(20)7-8-28(22)13-21(17)26(23)30-14-16-3-2-4-19(27)9-16/h2-6,9-13H,7-8,14-15H2,1H3/q+1. The van der Waals surface area contributed by atoms with Gasteiger partial charge in [0.1, 0.15) is 6.61 Å². The van der Waals surface area contributed by atoms with Crippen LogP contribution in [0.3, 0.4) is 0 Å². The van der Waals surface area contributed by atoms with Gasteiger partial charge in [0.25, 0.3) is 0 Å². The number of aromatic nitrogens is 1. The number of benzene rings is 3. The summed E-state index contributed by atoms with van der Waals surface area (Å²) < 4.78 is 25.4. The topological polar surface area (TPSA) is 40.8 Å². The van der Waals surface area contributed by atoms with E-state index in [1.165, 1.54) is 11.1 Å². The quantitative estimate of drug-likeness (QED) is 0.398. The van der Waals surface area contributed by atoms with Crippen LogP contribution < -0.4 is 23.5 Å². The molecule has 4 aromatic rings. The van der Waals surface area contributed by atoms with E-state index in [-0.39, 0.29) is 6.79 Å². The molecule has 0 spiro atoms. The minimum Gasteiger partial charge on any atom is -0.493 e. The summed E-state index contributed by atoms with van der Waals surface area (Å²) in [7, 11) is 1.66. The molecule has 0 bridgehead atoms. The maximum Gasteiger partial charge on any atom is 0.231 e. The lowest BCUT2D eigenvalue weighted by Gasteiger charge is -2.18. The number of rotatable bonds is 4. The first-order valence-electron chi connectivity index (χ1n) is 10.5. The van der Waals surface area contributed by atoms with Gasteiger partial charge in [-0.05, 0) is 52.9 Å². The SMILES string of the molecule is COc1ccc2cc3[n+](cc2c1OCc1cccc(Cl)c1)CCc1cc2c(cc1-3)OCO2. The van der Waals surface area contributed by atoms with Crippen molar-refractivity contribution in [3.63, 3.8) is 0 Å².